The topological polar surface area (TPSA) is 29.9 Å². The van der Waals surface area contributed by atoms with Gasteiger partial charge in [-0.25, -0.2) is 0 Å². The number of nitrogens with zero attached hydrogens (tertiary/aromatic N) is 2. The van der Waals surface area contributed by atoms with Gasteiger partial charge in [0, 0.05) is 23.3 Å². The van der Waals surface area contributed by atoms with Crippen LogP contribution in [0.2, 0.25) is 5.02 Å². The van der Waals surface area contributed by atoms with Gasteiger partial charge in [0.2, 0.25) is 0 Å². The first-order valence-corrected chi connectivity index (χ1v) is 7.09. The van der Waals surface area contributed by atoms with E-state index >= 15 is 0 Å². The summed E-state index contributed by atoms with van der Waals surface area (Å²) in [5.41, 5.74) is 3.74. The largest absolute Gasteiger partial charge is 0.316 e. The van der Waals surface area contributed by atoms with Gasteiger partial charge in [0.15, 0.2) is 0 Å². The van der Waals surface area contributed by atoms with Gasteiger partial charge in [-0.1, -0.05) is 23.7 Å². The summed E-state index contributed by atoms with van der Waals surface area (Å²) in [6.07, 6.45) is 4.30. The average molecular weight is 276 g/mol. The minimum Gasteiger partial charge on any atom is -0.316 e. The maximum absolute atomic E-state index is 5.95. The molecule has 2 aromatic rings. The van der Waals surface area contributed by atoms with Crippen molar-refractivity contribution in [1.82, 2.24) is 15.1 Å². The molecular formula is C15H18ClN3. The van der Waals surface area contributed by atoms with Crippen LogP contribution in [0.25, 0.3) is 11.1 Å². The van der Waals surface area contributed by atoms with Crippen molar-refractivity contribution < 1.29 is 0 Å². The summed E-state index contributed by atoms with van der Waals surface area (Å²) < 4.78 is 2.00. The van der Waals surface area contributed by atoms with E-state index < -0.39 is 0 Å². The zero-order valence-electron chi connectivity index (χ0n) is 11.1. The highest BCUT2D eigenvalue weighted by molar-refractivity contribution is 6.30. The highest BCUT2D eigenvalue weighted by Gasteiger charge is 2.19. The summed E-state index contributed by atoms with van der Waals surface area (Å²) in [6.45, 7) is 2.25. The van der Waals surface area contributed by atoms with E-state index in [1.807, 2.05) is 30.1 Å². The van der Waals surface area contributed by atoms with Crippen molar-refractivity contribution in [2.75, 3.05) is 13.1 Å². The fourth-order valence-corrected chi connectivity index (χ4v) is 2.86. The van der Waals surface area contributed by atoms with Gasteiger partial charge in [-0.3, -0.25) is 4.68 Å². The van der Waals surface area contributed by atoms with Crippen molar-refractivity contribution in [3.63, 3.8) is 0 Å². The second-order valence-electron chi connectivity index (χ2n) is 5.20. The molecule has 1 N–H and O–H groups in total. The van der Waals surface area contributed by atoms with Gasteiger partial charge in [0.05, 0.1) is 6.20 Å². The minimum absolute atomic E-state index is 0.724. The Hall–Kier alpha value is -1.32. The molecule has 1 aromatic heterocycles. The van der Waals surface area contributed by atoms with E-state index in [0.29, 0.717) is 0 Å². The predicted molar refractivity (Wildman–Crippen MR) is 78.3 cm³/mol. The Morgan fingerprint density at radius 2 is 2.16 bits per heavy atom. The molecule has 1 aliphatic heterocycles. The third-order valence-electron chi connectivity index (χ3n) is 3.86. The molecule has 0 bridgehead atoms. The van der Waals surface area contributed by atoms with Crippen LogP contribution in [0, 0.1) is 5.92 Å². The van der Waals surface area contributed by atoms with Crippen LogP contribution in [-0.2, 0) is 13.5 Å². The monoisotopic (exact) mass is 275 g/mol. The number of hydrogen-bond acceptors (Lipinski definition) is 2. The molecule has 1 unspecified atom stereocenters. The molecule has 4 heteroatoms. The van der Waals surface area contributed by atoms with Crippen molar-refractivity contribution in [2.45, 2.75) is 12.8 Å². The van der Waals surface area contributed by atoms with E-state index in [1.165, 1.54) is 23.2 Å². The lowest BCUT2D eigenvalue weighted by atomic mass is 9.97. The lowest BCUT2D eigenvalue weighted by molar-refractivity contribution is 0.549. The zero-order valence-corrected chi connectivity index (χ0v) is 11.8. The number of benzene rings is 1. The summed E-state index contributed by atoms with van der Waals surface area (Å²) in [5, 5.41) is 8.62. The Morgan fingerprint density at radius 3 is 2.84 bits per heavy atom. The summed E-state index contributed by atoms with van der Waals surface area (Å²) in [4.78, 5) is 0. The third kappa shape index (κ3) is 2.67. The number of rotatable bonds is 3. The number of halogens is 1. The summed E-state index contributed by atoms with van der Waals surface area (Å²) in [7, 11) is 2.02. The van der Waals surface area contributed by atoms with Gasteiger partial charge in [0.1, 0.15) is 0 Å². The van der Waals surface area contributed by atoms with Crippen LogP contribution in [0.1, 0.15) is 12.1 Å². The van der Waals surface area contributed by atoms with Gasteiger partial charge in [0.25, 0.3) is 0 Å². The Morgan fingerprint density at radius 1 is 1.37 bits per heavy atom. The molecule has 1 fully saturated rings. The first-order valence-electron chi connectivity index (χ1n) is 6.71. The predicted octanol–water partition coefficient (Wildman–Crippen LogP) is 2.89. The minimum atomic E-state index is 0.724. The molecule has 1 aliphatic rings. The Balaban J connectivity index is 1.91. The average Bonchev–Trinajstić information content (AvgIpc) is 3.03. The van der Waals surface area contributed by atoms with Crippen molar-refractivity contribution in [3.8, 4) is 11.1 Å². The maximum Gasteiger partial charge on any atom is 0.0571 e. The summed E-state index contributed by atoms with van der Waals surface area (Å²) in [6, 6.07) is 8.00. The molecule has 3 rings (SSSR count). The second kappa shape index (κ2) is 5.35. The van der Waals surface area contributed by atoms with Gasteiger partial charge >= 0.3 is 0 Å². The Labute approximate surface area is 118 Å². The number of aryl methyl sites for hydroxylation is 1. The van der Waals surface area contributed by atoms with Crippen LogP contribution in [-0.4, -0.2) is 22.9 Å². The lowest BCUT2D eigenvalue weighted by Gasteiger charge is -2.11. The summed E-state index contributed by atoms with van der Waals surface area (Å²) >= 11 is 5.95. The van der Waals surface area contributed by atoms with E-state index in [1.54, 1.807) is 0 Å². The number of hydrogen-bond donors (Lipinski definition) is 1. The molecule has 19 heavy (non-hydrogen) atoms. The highest BCUT2D eigenvalue weighted by atomic mass is 35.5. The standard InChI is InChI=1S/C15H18ClN3/c1-19-15(8-11-6-7-17-9-11)14(10-18-19)12-2-4-13(16)5-3-12/h2-5,10-11,17H,6-9H2,1H3. The van der Waals surface area contributed by atoms with Crippen molar-refractivity contribution in [1.29, 1.82) is 0 Å². The SMILES string of the molecule is Cn1ncc(-c2ccc(Cl)cc2)c1CC1CCNC1. The Kier molecular flexibility index (Phi) is 3.58. The molecular weight excluding hydrogens is 258 g/mol. The quantitative estimate of drug-likeness (QED) is 0.933. The smallest absolute Gasteiger partial charge is 0.0571 e. The molecule has 3 nitrogen and oxygen atoms in total. The Bertz CT molecular complexity index is 553. The summed E-state index contributed by atoms with van der Waals surface area (Å²) in [5.74, 6) is 0.724. The van der Waals surface area contributed by atoms with Gasteiger partial charge < -0.3 is 5.32 Å². The molecule has 0 radical (unpaired) electrons. The molecule has 2 heterocycles. The lowest BCUT2D eigenvalue weighted by Crippen LogP contribution is -2.13. The van der Waals surface area contributed by atoms with Gasteiger partial charge in [-0.05, 0) is 49.5 Å². The van der Waals surface area contributed by atoms with E-state index in [9.17, 15) is 0 Å². The molecule has 1 aromatic carbocycles. The van der Waals surface area contributed by atoms with Gasteiger partial charge in [-0.2, -0.15) is 5.10 Å². The second-order valence-corrected chi connectivity index (χ2v) is 5.63. The third-order valence-corrected chi connectivity index (χ3v) is 4.11. The first kappa shape index (κ1) is 12.7. The number of nitrogens with one attached hydrogen (secondary N) is 1. The van der Waals surface area contributed by atoms with Crippen molar-refractivity contribution in [3.05, 3.63) is 41.2 Å². The van der Waals surface area contributed by atoms with Crippen LogP contribution >= 0.6 is 11.6 Å². The van der Waals surface area contributed by atoms with E-state index in [2.05, 4.69) is 22.5 Å². The molecule has 1 atom stereocenters. The molecule has 0 amide bonds. The zero-order chi connectivity index (χ0) is 13.2. The first-order chi connectivity index (χ1) is 9.24. The van der Waals surface area contributed by atoms with Crippen molar-refractivity contribution in [2.24, 2.45) is 13.0 Å². The van der Waals surface area contributed by atoms with Gasteiger partial charge in [-0.15, -0.1) is 0 Å². The fraction of sp³-hybridized carbons (Fsp3) is 0.400. The normalized spacial score (nSPS) is 18.9. The molecule has 0 spiro atoms. The highest BCUT2D eigenvalue weighted by Crippen LogP contribution is 2.27. The molecule has 0 aliphatic carbocycles. The maximum atomic E-state index is 5.95. The van der Waals surface area contributed by atoms with Crippen LogP contribution in [0.5, 0.6) is 0 Å². The van der Waals surface area contributed by atoms with E-state index in [-0.39, 0.29) is 0 Å². The van der Waals surface area contributed by atoms with Crippen LogP contribution in [0.3, 0.4) is 0 Å². The van der Waals surface area contributed by atoms with E-state index in [0.717, 1.165) is 30.5 Å². The van der Waals surface area contributed by atoms with Crippen LogP contribution in [0.15, 0.2) is 30.5 Å². The van der Waals surface area contributed by atoms with Crippen LogP contribution < -0.4 is 5.32 Å². The molecule has 0 saturated carbocycles. The molecule has 1 saturated heterocycles. The fourth-order valence-electron chi connectivity index (χ4n) is 2.74. The number of aromatic nitrogens is 2. The van der Waals surface area contributed by atoms with Crippen LogP contribution in [0.4, 0.5) is 0 Å². The van der Waals surface area contributed by atoms with E-state index in [4.69, 9.17) is 11.6 Å². The van der Waals surface area contributed by atoms with Crippen molar-refractivity contribution >= 4 is 11.6 Å². The molecule has 100 valence electrons.